The summed E-state index contributed by atoms with van der Waals surface area (Å²) in [5.74, 6) is 0.103. The first kappa shape index (κ1) is 35.6. The maximum absolute atomic E-state index is 12.0. The second kappa shape index (κ2) is 18.8. The lowest BCUT2D eigenvalue weighted by atomic mass is 9.72. The van der Waals surface area contributed by atoms with Crippen LogP contribution >= 0.6 is 0 Å². The van der Waals surface area contributed by atoms with Crippen LogP contribution in [-0.2, 0) is 19.6 Å². The fourth-order valence-electron chi connectivity index (χ4n) is 4.39. The zero-order valence-corrected chi connectivity index (χ0v) is 25.9. The van der Waals surface area contributed by atoms with Gasteiger partial charge in [-0.2, -0.15) is 0 Å². The van der Waals surface area contributed by atoms with E-state index in [1.165, 1.54) is 6.26 Å². The summed E-state index contributed by atoms with van der Waals surface area (Å²) in [5, 5.41) is 0. The van der Waals surface area contributed by atoms with E-state index in [1.54, 1.807) is 4.31 Å². The number of carbonyl (C=O) groups excluding carboxylic acids is 1. The van der Waals surface area contributed by atoms with Gasteiger partial charge < -0.3 is 4.74 Å². The number of nitrogens with zero attached hydrogens (tertiary/aromatic N) is 1. The number of piperidine rings is 1. The van der Waals surface area contributed by atoms with Gasteiger partial charge in [0.15, 0.2) is 0 Å². The van der Waals surface area contributed by atoms with Crippen LogP contribution in [0.5, 0.6) is 0 Å². The second-order valence-corrected chi connectivity index (χ2v) is 11.5. The van der Waals surface area contributed by atoms with E-state index in [9.17, 15) is 13.2 Å². The van der Waals surface area contributed by atoms with Crippen molar-refractivity contribution in [2.24, 2.45) is 11.8 Å². The quantitative estimate of drug-likeness (QED) is 0.143. The van der Waals surface area contributed by atoms with Crippen molar-refractivity contribution in [1.29, 1.82) is 0 Å². The average Bonchev–Trinajstić information content (AvgIpc) is 2.89. The van der Waals surface area contributed by atoms with E-state index >= 15 is 0 Å². The van der Waals surface area contributed by atoms with Crippen molar-refractivity contribution in [3.8, 4) is 0 Å². The van der Waals surface area contributed by atoms with Crippen LogP contribution in [0.1, 0.15) is 74.1 Å². The fourth-order valence-corrected chi connectivity index (χ4v) is 5.26. The van der Waals surface area contributed by atoms with Crippen LogP contribution < -0.4 is 0 Å². The lowest BCUT2D eigenvalue weighted by Gasteiger charge is -2.37. The summed E-state index contributed by atoms with van der Waals surface area (Å²) >= 11 is 0. The largest absolute Gasteiger partial charge is 0.466 e. The number of rotatable bonds is 12. The predicted molar refractivity (Wildman–Crippen MR) is 163 cm³/mol. The molecule has 0 amide bonds. The molecular weight excluding hydrogens is 494 g/mol. The Bertz CT molecular complexity index is 1030. The average molecular weight is 546 g/mol. The summed E-state index contributed by atoms with van der Waals surface area (Å²) in [6.45, 7) is 23.9. The molecule has 0 radical (unpaired) electrons. The van der Waals surface area contributed by atoms with Gasteiger partial charge in [-0.25, -0.2) is 12.7 Å². The van der Waals surface area contributed by atoms with Gasteiger partial charge in [-0.3, -0.25) is 4.79 Å². The van der Waals surface area contributed by atoms with Gasteiger partial charge in [-0.05, 0) is 90.4 Å². The first-order valence-corrected chi connectivity index (χ1v) is 15.4. The minimum absolute atomic E-state index is 0.0382. The third-order valence-electron chi connectivity index (χ3n) is 6.75. The molecule has 0 N–H and O–H groups in total. The minimum Gasteiger partial charge on any atom is -0.466 e. The van der Waals surface area contributed by atoms with E-state index < -0.39 is 10.0 Å². The molecule has 1 heterocycles. The molecule has 1 atom stereocenters. The van der Waals surface area contributed by atoms with E-state index in [2.05, 4.69) is 38.3 Å². The molecule has 1 fully saturated rings. The van der Waals surface area contributed by atoms with Gasteiger partial charge in [0.25, 0.3) is 0 Å². The Morgan fingerprint density at radius 3 is 2.05 bits per heavy atom. The standard InChI is InChI=1S/C28H43NO4S.C4H8/c1-9-13-26(24(11-3)20-21(5)14-15-27(30)33-12-4)28(23(7)22(6)10-2)25-16-18-29(19-17-25)34(8,31)32;1-3-4-2/h9-11,13,20,25,28H,3,7,12,14-19H2,1-2,4-6,8H3;3-4H,1-2H3/b13-9-,21-20+,22-10-,26-24-;4-3-. The summed E-state index contributed by atoms with van der Waals surface area (Å²) in [6, 6.07) is 0. The fraction of sp³-hybridized carbons (Fsp3) is 0.531. The molecule has 1 aliphatic rings. The van der Waals surface area contributed by atoms with Gasteiger partial charge in [0.05, 0.1) is 12.9 Å². The zero-order chi connectivity index (χ0) is 29.3. The molecule has 214 valence electrons. The van der Waals surface area contributed by atoms with E-state index in [0.29, 0.717) is 32.5 Å². The van der Waals surface area contributed by atoms with E-state index in [0.717, 1.165) is 40.7 Å². The van der Waals surface area contributed by atoms with Crippen molar-refractivity contribution in [1.82, 2.24) is 4.31 Å². The van der Waals surface area contributed by atoms with Crippen LogP contribution in [0, 0.1) is 11.8 Å². The van der Waals surface area contributed by atoms with E-state index in [4.69, 9.17) is 4.74 Å². The van der Waals surface area contributed by atoms with E-state index in [1.807, 2.05) is 65.8 Å². The molecule has 1 unspecified atom stereocenters. The molecule has 1 rings (SSSR count). The third-order valence-corrected chi connectivity index (χ3v) is 8.06. The van der Waals surface area contributed by atoms with Crippen LogP contribution in [0.4, 0.5) is 0 Å². The highest BCUT2D eigenvalue weighted by atomic mass is 32.2. The molecule has 0 aromatic heterocycles. The summed E-state index contributed by atoms with van der Waals surface area (Å²) in [7, 11) is -3.19. The van der Waals surface area contributed by atoms with Gasteiger partial charge in [0.1, 0.15) is 0 Å². The zero-order valence-electron chi connectivity index (χ0n) is 25.0. The van der Waals surface area contributed by atoms with Crippen molar-refractivity contribution in [3.63, 3.8) is 0 Å². The van der Waals surface area contributed by atoms with Gasteiger partial charge in [0.2, 0.25) is 10.0 Å². The number of allylic oxidation sites excluding steroid dienone is 12. The Balaban J connectivity index is 0.00000318. The SMILES string of the molecule is C/C=C\C.C=CC(/C=C(\C)CCC(=O)OCC)=C(\C=C/C)C(C(=C)/C(C)=C\C)C1CCN(S(C)(=O)=O)CC1. The Morgan fingerprint density at radius 1 is 1.05 bits per heavy atom. The monoisotopic (exact) mass is 545 g/mol. The van der Waals surface area contributed by atoms with Crippen molar-refractivity contribution >= 4 is 16.0 Å². The highest BCUT2D eigenvalue weighted by molar-refractivity contribution is 7.88. The highest BCUT2D eigenvalue weighted by Gasteiger charge is 2.33. The molecule has 1 saturated heterocycles. The minimum atomic E-state index is -3.19. The number of sulfonamides is 1. The smallest absolute Gasteiger partial charge is 0.306 e. The second-order valence-electron chi connectivity index (χ2n) is 9.55. The normalized spacial score (nSPS) is 17.6. The van der Waals surface area contributed by atoms with Crippen LogP contribution in [0.2, 0.25) is 0 Å². The van der Waals surface area contributed by atoms with Crippen molar-refractivity contribution in [2.45, 2.75) is 74.1 Å². The molecule has 1 aliphatic heterocycles. The molecule has 0 aromatic rings. The number of hydrogen-bond donors (Lipinski definition) is 0. The number of hydrogen-bond acceptors (Lipinski definition) is 4. The molecule has 6 heteroatoms. The van der Waals surface area contributed by atoms with Gasteiger partial charge >= 0.3 is 5.97 Å². The number of esters is 1. The Hall–Kier alpha value is -2.44. The van der Waals surface area contributed by atoms with E-state index in [-0.39, 0.29) is 17.8 Å². The lowest BCUT2D eigenvalue weighted by molar-refractivity contribution is -0.143. The van der Waals surface area contributed by atoms with Crippen molar-refractivity contribution < 1.29 is 17.9 Å². The molecule has 0 saturated carbocycles. The highest BCUT2D eigenvalue weighted by Crippen LogP contribution is 2.40. The molecule has 5 nitrogen and oxygen atoms in total. The van der Waals surface area contributed by atoms with Crippen LogP contribution in [0.15, 0.2) is 83.6 Å². The predicted octanol–water partition coefficient (Wildman–Crippen LogP) is 7.73. The van der Waals surface area contributed by atoms with Crippen LogP contribution in [0.3, 0.4) is 0 Å². The molecule has 0 bridgehead atoms. The number of ether oxygens (including phenoxy) is 1. The maximum atomic E-state index is 12.0. The molecule has 0 spiro atoms. The van der Waals surface area contributed by atoms with Gasteiger partial charge in [-0.15, -0.1) is 0 Å². The summed E-state index contributed by atoms with van der Waals surface area (Å²) in [6.07, 6.45) is 17.9. The topological polar surface area (TPSA) is 63.7 Å². The van der Waals surface area contributed by atoms with Crippen molar-refractivity contribution in [3.05, 3.63) is 83.6 Å². The third kappa shape index (κ3) is 12.4. The molecule has 0 aliphatic carbocycles. The number of carbonyl (C=O) groups is 1. The summed E-state index contributed by atoms with van der Waals surface area (Å²) in [5.41, 5.74) is 5.37. The van der Waals surface area contributed by atoms with Crippen LogP contribution in [-0.4, -0.2) is 44.6 Å². The molecule has 0 aromatic carbocycles. The van der Waals surface area contributed by atoms with Gasteiger partial charge in [0, 0.05) is 25.4 Å². The van der Waals surface area contributed by atoms with Crippen molar-refractivity contribution in [2.75, 3.05) is 26.0 Å². The Morgan fingerprint density at radius 2 is 1.63 bits per heavy atom. The lowest BCUT2D eigenvalue weighted by Crippen LogP contribution is -2.40. The Labute approximate surface area is 233 Å². The first-order valence-electron chi connectivity index (χ1n) is 13.6. The molecule has 38 heavy (non-hydrogen) atoms. The van der Waals surface area contributed by atoms with Gasteiger partial charge in [-0.1, -0.05) is 66.8 Å². The van der Waals surface area contributed by atoms with Crippen LogP contribution in [0.25, 0.3) is 0 Å². The summed E-state index contributed by atoms with van der Waals surface area (Å²) < 4.78 is 30.7. The Kier molecular flexibility index (Phi) is 17.5. The summed E-state index contributed by atoms with van der Waals surface area (Å²) in [4.78, 5) is 11.8. The maximum Gasteiger partial charge on any atom is 0.306 e. The first-order chi connectivity index (χ1) is 17.9. The molecular formula is C32H51NO4S.